The highest BCUT2D eigenvalue weighted by molar-refractivity contribution is 9.10. The molecule has 0 aliphatic rings. The largest absolute Gasteiger partial charge is 0.389 e. The van der Waals surface area contributed by atoms with E-state index >= 15 is 0 Å². The molecule has 96 valence electrons. The number of anilines is 1. The van der Waals surface area contributed by atoms with Crippen molar-refractivity contribution in [2.24, 2.45) is 5.73 Å². The molecular weight excluding hydrogens is 328 g/mol. The van der Waals surface area contributed by atoms with Gasteiger partial charge in [0.2, 0.25) is 0 Å². The number of rotatable bonds is 3. The summed E-state index contributed by atoms with van der Waals surface area (Å²) >= 11 is 8.27. The number of nitrogens with one attached hydrogen (secondary N) is 1. The minimum atomic E-state index is -0.372. The fourth-order valence-corrected chi connectivity index (χ4v) is 1.98. The molecule has 2 rings (SSSR count). The van der Waals surface area contributed by atoms with Gasteiger partial charge in [-0.25, -0.2) is 4.98 Å². The molecule has 1 amide bonds. The molecular formula is C12H9BrN4OS. The normalized spacial score (nSPS) is 9.95. The molecule has 0 unspecified atom stereocenters. The molecule has 7 heteroatoms. The van der Waals surface area contributed by atoms with E-state index in [0.29, 0.717) is 11.3 Å². The summed E-state index contributed by atoms with van der Waals surface area (Å²) in [4.78, 5) is 20.0. The van der Waals surface area contributed by atoms with Crippen LogP contribution in [0.3, 0.4) is 0 Å². The molecule has 0 atom stereocenters. The number of aromatic nitrogens is 2. The molecule has 2 aromatic rings. The van der Waals surface area contributed by atoms with E-state index in [9.17, 15) is 4.79 Å². The minimum absolute atomic E-state index is 0.210. The van der Waals surface area contributed by atoms with E-state index in [4.69, 9.17) is 18.0 Å². The number of nitrogens with zero attached hydrogens (tertiary/aromatic N) is 2. The second-order valence-corrected chi connectivity index (χ2v) is 4.95. The molecule has 0 saturated heterocycles. The van der Waals surface area contributed by atoms with Crippen molar-refractivity contribution >= 4 is 44.7 Å². The second-order valence-electron chi connectivity index (χ2n) is 3.60. The molecule has 0 aliphatic heterocycles. The molecule has 19 heavy (non-hydrogen) atoms. The van der Waals surface area contributed by atoms with Crippen molar-refractivity contribution in [1.82, 2.24) is 9.97 Å². The Morgan fingerprint density at radius 1 is 1.37 bits per heavy atom. The first-order valence-corrected chi connectivity index (χ1v) is 6.45. The maximum atomic E-state index is 12.0. The van der Waals surface area contributed by atoms with Gasteiger partial charge in [-0.05, 0) is 18.2 Å². The Kier molecular flexibility index (Phi) is 4.18. The minimum Gasteiger partial charge on any atom is -0.389 e. The molecule has 0 saturated carbocycles. The Hall–Kier alpha value is -1.86. The smallest absolute Gasteiger partial charge is 0.275 e. The highest BCUT2D eigenvalue weighted by atomic mass is 79.9. The van der Waals surface area contributed by atoms with E-state index in [1.54, 1.807) is 18.2 Å². The van der Waals surface area contributed by atoms with Crippen LogP contribution in [0.15, 0.2) is 41.3 Å². The summed E-state index contributed by atoms with van der Waals surface area (Å²) in [5, 5.41) is 2.71. The highest BCUT2D eigenvalue weighted by Crippen LogP contribution is 2.22. The molecule has 0 fully saturated rings. The summed E-state index contributed by atoms with van der Waals surface area (Å²) in [5.41, 5.74) is 6.95. The Balaban J connectivity index is 2.31. The van der Waals surface area contributed by atoms with E-state index in [1.165, 1.54) is 18.6 Å². The van der Waals surface area contributed by atoms with Gasteiger partial charge in [0.1, 0.15) is 10.7 Å². The third-order valence-electron chi connectivity index (χ3n) is 2.29. The molecule has 3 N–H and O–H groups in total. The lowest BCUT2D eigenvalue weighted by molar-refractivity contribution is 0.102. The Labute approximate surface area is 123 Å². The van der Waals surface area contributed by atoms with Gasteiger partial charge in [0.05, 0.1) is 11.9 Å². The zero-order valence-corrected chi connectivity index (χ0v) is 12.0. The average Bonchev–Trinajstić information content (AvgIpc) is 2.39. The Morgan fingerprint density at radius 2 is 2.16 bits per heavy atom. The van der Waals surface area contributed by atoms with Gasteiger partial charge in [-0.1, -0.05) is 28.1 Å². The predicted octanol–water partition coefficient (Wildman–Crippen LogP) is 2.13. The van der Waals surface area contributed by atoms with Crippen LogP contribution in [0, 0.1) is 0 Å². The fourth-order valence-electron chi connectivity index (χ4n) is 1.44. The molecule has 0 spiro atoms. The molecule has 1 heterocycles. The monoisotopic (exact) mass is 336 g/mol. The van der Waals surface area contributed by atoms with Crippen molar-refractivity contribution in [2.75, 3.05) is 5.32 Å². The van der Waals surface area contributed by atoms with Crippen molar-refractivity contribution in [2.45, 2.75) is 0 Å². The lowest BCUT2D eigenvalue weighted by Gasteiger charge is -2.10. The van der Waals surface area contributed by atoms with E-state index in [2.05, 4.69) is 31.2 Å². The van der Waals surface area contributed by atoms with Crippen LogP contribution in [0.1, 0.15) is 16.1 Å². The van der Waals surface area contributed by atoms with Gasteiger partial charge in [0.15, 0.2) is 0 Å². The van der Waals surface area contributed by atoms with Crippen molar-refractivity contribution in [1.29, 1.82) is 0 Å². The van der Waals surface area contributed by atoms with Gasteiger partial charge >= 0.3 is 0 Å². The molecule has 1 aromatic heterocycles. The van der Waals surface area contributed by atoms with E-state index in [0.717, 1.165) is 4.47 Å². The van der Waals surface area contributed by atoms with Crippen molar-refractivity contribution in [3.63, 3.8) is 0 Å². The maximum Gasteiger partial charge on any atom is 0.275 e. The summed E-state index contributed by atoms with van der Waals surface area (Å²) < 4.78 is 0.807. The first-order chi connectivity index (χ1) is 9.08. The topological polar surface area (TPSA) is 80.9 Å². The summed E-state index contributed by atoms with van der Waals surface area (Å²) in [6, 6.07) is 5.26. The summed E-state index contributed by atoms with van der Waals surface area (Å²) in [5.74, 6) is -0.372. The van der Waals surface area contributed by atoms with Crippen LogP contribution in [0.2, 0.25) is 0 Å². The summed E-state index contributed by atoms with van der Waals surface area (Å²) in [7, 11) is 0. The number of halogens is 1. The SMILES string of the molecule is NC(=S)c1ccc(Br)cc1NC(=O)c1cnccn1. The second kappa shape index (κ2) is 5.85. The van der Waals surface area contributed by atoms with Gasteiger partial charge in [0.25, 0.3) is 5.91 Å². The van der Waals surface area contributed by atoms with Crippen LogP contribution >= 0.6 is 28.1 Å². The van der Waals surface area contributed by atoms with Gasteiger partial charge in [0, 0.05) is 22.4 Å². The fraction of sp³-hybridized carbons (Fsp3) is 0. The molecule has 5 nitrogen and oxygen atoms in total. The van der Waals surface area contributed by atoms with Gasteiger partial charge < -0.3 is 11.1 Å². The molecule has 0 aliphatic carbocycles. The maximum absolute atomic E-state index is 12.0. The lowest BCUT2D eigenvalue weighted by atomic mass is 10.1. The third kappa shape index (κ3) is 3.33. The molecule has 1 aromatic carbocycles. The van der Waals surface area contributed by atoms with Crippen LogP contribution in [0.5, 0.6) is 0 Å². The predicted molar refractivity (Wildman–Crippen MR) is 80.0 cm³/mol. The van der Waals surface area contributed by atoms with Gasteiger partial charge in [-0.3, -0.25) is 9.78 Å². The van der Waals surface area contributed by atoms with Crippen LogP contribution in [-0.2, 0) is 0 Å². The number of amides is 1. The summed E-state index contributed by atoms with van der Waals surface area (Å²) in [6.07, 6.45) is 4.33. The average molecular weight is 337 g/mol. The number of thiocarbonyl (C=S) groups is 1. The van der Waals surface area contributed by atoms with Crippen LogP contribution in [0.25, 0.3) is 0 Å². The Bertz CT molecular complexity index is 633. The van der Waals surface area contributed by atoms with Gasteiger partial charge in [-0.15, -0.1) is 0 Å². The number of hydrogen-bond donors (Lipinski definition) is 2. The zero-order valence-electron chi connectivity index (χ0n) is 9.63. The summed E-state index contributed by atoms with van der Waals surface area (Å²) in [6.45, 7) is 0. The third-order valence-corrected chi connectivity index (χ3v) is 3.00. The van der Waals surface area contributed by atoms with Crippen molar-refractivity contribution in [3.8, 4) is 0 Å². The van der Waals surface area contributed by atoms with E-state index in [-0.39, 0.29) is 16.6 Å². The van der Waals surface area contributed by atoms with Crippen LogP contribution < -0.4 is 11.1 Å². The number of hydrogen-bond acceptors (Lipinski definition) is 4. The Morgan fingerprint density at radius 3 is 2.79 bits per heavy atom. The molecule has 0 bridgehead atoms. The number of benzene rings is 1. The first kappa shape index (κ1) is 13.6. The van der Waals surface area contributed by atoms with Crippen LogP contribution in [-0.4, -0.2) is 20.9 Å². The zero-order chi connectivity index (χ0) is 13.8. The standard InChI is InChI=1S/C12H9BrN4OS/c13-7-1-2-8(11(14)19)9(5-7)17-12(18)10-6-15-3-4-16-10/h1-6H,(H2,14,19)(H,17,18). The van der Waals surface area contributed by atoms with Crippen LogP contribution in [0.4, 0.5) is 5.69 Å². The highest BCUT2D eigenvalue weighted by Gasteiger charge is 2.12. The quantitative estimate of drug-likeness (QED) is 0.839. The van der Waals surface area contributed by atoms with E-state index in [1.807, 2.05) is 0 Å². The molecule has 0 radical (unpaired) electrons. The lowest BCUT2D eigenvalue weighted by Crippen LogP contribution is -2.18. The van der Waals surface area contributed by atoms with Gasteiger partial charge in [-0.2, -0.15) is 0 Å². The number of carbonyl (C=O) groups is 1. The van der Waals surface area contributed by atoms with Crippen molar-refractivity contribution in [3.05, 3.63) is 52.5 Å². The van der Waals surface area contributed by atoms with E-state index < -0.39 is 0 Å². The van der Waals surface area contributed by atoms with Crippen molar-refractivity contribution < 1.29 is 4.79 Å². The first-order valence-electron chi connectivity index (χ1n) is 5.24. The number of nitrogens with two attached hydrogens (primary N) is 1. The number of carbonyl (C=O) groups excluding carboxylic acids is 1.